The van der Waals surface area contributed by atoms with Crippen molar-refractivity contribution in [2.24, 2.45) is 0 Å². The standard InChI is InChI=1S/C16H28Cl2O4/c17-11-5-3-9-15(19)21-13-7-1-2-8-14-22-16(20)10-4-6-12-18/h1-14H2. The number of hydrogen-bond donors (Lipinski definition) is 0. The summed E-state index contributed by atoms with van der Waals surface area (Å²) in [5, 5.41) is 0. The molecule has 0 aromatic carbocycles. The van der Waals surface area contributed by atoms with Crippen molar-refractivity contribution in [3.05, 3.63) is 0 Å². The summed E-state index contributed by atoms with van der Waals surface area (Å²) in [6.45, 7) is 0.940. The Morgan fingerprint density at radius 3 is 1.36 bits per heavy atom. The molecule has 22 heavy (non-hydrogen) atoms. The van der Waals surface area contributed by atoms with Crippen LogP contribution in [0.25, 0.3) is 0 Å². The van der Waals surface area contributed by atoms with E-state index in [2.05, 4.69) is 0 Å². The van der Waals surface area contributed by atoms with Crippen molar-refractivity contribution in [2.75, 3.05) is 25.0 Å². The minimum atomic E-state index is -0.143. The number of unbranched alkanes of at least 4 members (excludes halogenated alkanes) is 5. The second kappa shape index (κ2) is 16.9. The van der Waals surface area contributed by atoms with Crippen molar-refractivity contribution in [3.63, 3.8) is 0 Å². The normalized spacial score (nSPS) is 10.5. The zero-order valence-corrected chi connectivity index (χ0v) is 14.8. The first-order valence-electron chi connectivity index (χ1n) is 8.14. The number of esters is 2. The first-order chi connectivity index (χ1) is 10.7. The molecule has 0 aliphatic heterocycles. The molecule has 6 heteroatoms. The van der Waals surface area contributed by atoms with Crippen LogP contribution in [-0.4, -0.2) is 36.9 Å². The zero-order chi connectivity index (χ0) is 16.5. The molecular weight excluding hydrogens is 327 g/mol. The second-order valence-corrected chi connectivity index (χ2v) is 5.90. The van der Waals surface area contributed by atoms with E-state index < -0.39 is 0 Å². The van der Waals surface area contributed by atoms with Crippen LogP contribution < -0.4 is 0 Å². The minimum Gasteiger partial charge on any atom is -0.466 e. The van der Waals surface area contributed by atoms with Gasteiger partial charge < -0.3 is 9.47 Å². The maximum atomic E-state index is 11.3. The van der Waals surface area contributed by atoms with Gasteiger partial charge in [0.25, 0.3) is 0 Å². The van der Waals surface area contributed by atoms with E-state index in [1.54, 1.807) is 0 Å². The van der Waals surface area contributed by atoms with E-state index in [1.165, 1.54) is 0 Å². The van der Waals surface area contributed by atoms with Gasteiger partial charge in [0.05, 0.1) is 13.2 Å². The Bertz CT molecular complexity index is 257. The summed E-state index contributed by atoms with van der Waals surface area (Å²) in [7, 11) is 0. The molecule has 0 unspecified atom stereocenters. The third-order valence-electron chi connectivity index (χ3n) is 3.09. The molecule has 0 N–H and O–H groups in total. The van der Waals surface area contributed by atoms with Gasteiger partial charge in [-0.05, 0) is 51.4 Å². The summed E-state index contributed by atoms with van der Waals surface area (Å²) in [4.78, 5) is 22.6. The van der Waals surface area contributed by atoms with Crippen LogP contribution in [-0.2, 0) is 19.1 Å². The maximum absolute atomic E-state index is 11.3. The lowest BCUT2D eigenvalue weighted by atomic mass is 10.2. The molecule has 0 aliphatic rings. The number of rotatable bonds is 15. The van der Waals surface area contributed by atoms with Crippen molar-refractivity contribution in [2.45, 2.75) is 64.2 Å². The SMILES string of the molecule is O=C(CCCCCl)OCCCCCCOC(=O)CCCCCl. The van der Waals surface area contributed by atoms with E-state index >= 15 is 0 Å². The first kappa shape index (κ1) is 21.5. The molecule has 0 aromatic rings. The highest BCUT2D eigenvalue weighted by molar-refractivity contribution is 6.18. The molecule has 0 atom stereocenters. The third-order valence-corrected chi connectivity index (χ3v) is 3.63. The van der Waals surface area contributed by atoms with Gasteiger partial charge in [0.15, 0.2) is 0 Å². The summed E-state index contributed by atoms with van der Waals surface area (Å²) in [6.07, 6.45) is 7.83. The number of hydrogen-bond acceptors (Lipinski definition) is 4. The van der Waals surface area contributed by atoms with Crippen LogP contribution in [0.3, 0.4) is 0 Å². The van der Waals surface area contributed by atoms with Gasteiger partial charge in [-0.2, -0.15) is 0 Å². The minimum absolute atomic E-state index is 0.143. The van der Waals surface area contributed by atoms with Crippen LogP contribution >= 0.6 is 23.2 Å². The molecule has 4 nitrogen and oxygen atoms in total. The fourth-order valence-corrected chi connectivity index (χ4v) is 2.18. The van der Waals surface area contributed by atoms with E-state index in [0.29, 0.717) is 37.8 Å². The monoisotopic (exact) mass is 354 g/mol. The number of carbonyl (C=O) groups excluding carboxylic acids is 2. The van der Waals surface area contributed by atoms with E-state index in [1.807, 2.05) is 0 Å². The summed E-state index contributed by atoms with van der Waals surface area (Å²) in [5.41, 5.74) is 0. The third kappa shape index (κ3) is 15.9. The van der Waals surface area contributed by atoms with E-state index in [0.717, 1.165) is 51.4 Å². The second-order valence-electron chi connectivity index (χ2n) is 5.15. The van der Waals surface area contributed by atoms with Crippen molar-refractivity contribution in [1.29, 1.82) is 0 Å². The maximum Gasteiger partial charge on any atom is 0.305 e. The molecule has 0 heterocycles. The topological polar surface area (TPSA) is 52.6 Å². The molecule has 0 amide bonds. The first-order valence-corrected chi connectivity index (χ1v) is 9.20. The van der Waals surface area contributed by atoms with Gasteiger partial charge in [0.2, 0.25) is 0 Å². The molecule has 0 aliphatic carbocycles. The van der Waals surface area contributed by atoms with Crippen molar-refractivity contribution in [3.8, 4) is 0 Å². The lowest BCUT2D eigenvalue weighted by Crippen LogP contribution is -2.07. The van der Waals surface area contributed by atoms with Gasteiger partial charge in [-0.3, -0.25) is 9.59 Å². The van der Waals surface area contributed by atoms with Crippen LogP contribution in [0.2, 0.25) is 0 Å². The van der Waals surface area contributed by atoms with E-state index in [-0.39, 0.29) is 11.9 Å². The molecule has 130 valence electrons. The Labute approximate surface area is 143 Å². The fourth-order valence-electron chi connectivity index (χ4n) is 1.80. The van der Waals surface area contributed by atoms with Crippen LogP contribution in [0.15, 0.2) is 0 Å². The molecule has 0 aromatic heterocycles. The van der Waals surface area contributed by atoms with Crippen molar-refractivity contribution < 1.29 is 19.1 Å². The highest BCUT2D eigenvalue weighted by atomic mass is 35.5. The van der Waals surface area contributed by atoms with E-state index in [9.17, 15) is 9.59 Å². The molecule has 0 spiro atoms. The smallest absolute Gasteiger partial charge is 0.305 e. The predicted octanol–water partition coefficient (Wildman–Crippen LogP) is 4.45. The Hall–Kier alpha value is -0.480. The summed E-state index contributed by atoms with van der Waals surface area (Å²) in [6, 6.07) is 0. The molecule has 0 radical (unpaired) electrons. The van der Waals surface area contributed by atoms with Gasteiger partial charge in [-0.15, -0.1) is 23.2 Å². The lowest BCUT2D eigenvalue weighted by molar-refractivity contribution is -0.145. The predicted molar refractivity (Wildman–Crippen MR) is 89.5 cm³/mol. The lowest BCUT2D eigenvalue weighted by Gasteiger charge is -2.06. The average Bonchev–Trinajstić information content (AvgIpc) is 2.50. The quantitative estimate of drug-likeness (QED) is 0.247. The summed E-state index contributed by atoms with van der Waals surface area (Å²) >= 11 is 11.1. The fraction of sp³-hybridized carbons (Fsp3) is 0.875. The Kier molecular flexibility index (Phi) is 16.5. The highest BCUT2D eigenvalue weighted by Crippen LogP contribution is 2.04. The van der Waals surface area contributed by atoms with Crippen LogP contribution in [0, 0.1) is 0 Å². The molecular formula is C16H28Cl2O4. The molecule has 0 saturated carbocycles. The largest absolute Gasteiger partial charge is 0.466 e. The number of alkyl halides is 2. The van der Waals surface area contributed by atoms with Crippen LogP contribution in [0.1, 0.15) is 64.2 Å². The van der Waals surface area contributed by atoms with Crippen molar-refractivity contribution in [1.82, 2.24) is 0 Å². The summed E-state index contributed by atoms with van der Waals surface area (Å²) < 4.78 is 10.2. The average molecular weight is 355 g/mol. The summed E-state index contributed by atoms with van der Waals surface area (Å²) in [5.74, 6) is 0.891. The Balaban J connectivity index is 3.23. The number of ether oxygens (including phenoxy) is 2. The van der Waals surface area contributed by atoms with Crippen LogP contribution in [0.5, 0.6) is 0 Å². The van der Waals surface area contributed by atoms with Gasteiger partial charge in [0, 0.05) is 24.6 Å². The van der Waals surface area contributed by atoms with Gasteiger partial charge in [-0.25, -0.2) is 0 Å². The number of carbonyl (C=O) groups is 2. The van der Waals surface area contributed by atoms with Gasteiger partial charge >= 0.3 is 11.9 Å². The van der Waals surface area contributed by atoms with Gasteiger partial charge in [0.1, 0.15) is 0 Å². The zero-order valence-electron chi connectivity index (χ0n) is 13.3. The van der Waals surface area contributed by atoms with Gasteiger partial charge in [-0.1, -0.05) is 0 Å². The van der Waals surface area contributed by atoms with Crippen molar-refractivity contribution >= 4 is 35.1 Å². The molecule has 0 rings (SSSR count). The van der Waals surface area contributed by atoms with Crippen LogP contribution in [0.4, 0.5) is 0 Å². The van der Waals surface area contributed by atoms with E-state index in [4.69, 9.17) is 32.7 Å². The molecule has 0 bridgehead atoms. The molecule has 0 saturated heterocycles. The Morgan fingerprint density at radius 2 is 1.00 bits per heavy atom. The molecule has 0 fully saturated rings. The Morgan fingerprint density at radius 1 is 0.591 bits per heavy atom. The number of halogens is 2. The highest BCUT2D eigenvalue weighted by Gasteiger charge is 2.03.